The molecule has 2 aliphatic heterocycles. The molecule has 0 aromatic carbocycles. The van der Waals surface area contributed by atoms with Gasteiger partial charge in [-0.05, 0) is 38.5 Å². The molecule has 2 fully saturated rings. The minimum atomic E-state index is -1.76. The highest BCUT2D eigenvalue weighted by Crippen LogP contribution is 2.27. The molecule has 0 aromatic heterocycles. The molecule has 430 valence electrons. The van der Waals surface area contributed by atoms with Crippen molar-refractivity contribution in [2.75, 3.05) is 26.4 Å². The van der Waals surface area contributed by atoms with Crippen LogP contribution in [0.25, 0.3) is 0 Å². The van der Waals surface area contributed by atoms with Crippen LogP contribution >= 0.6 is 0 Å². The highest BCUT2D eigenvalue weighted by Gasteiger charge is 2.47. The molecule has 2 heterocycles. The van der Waals surface area contributed by atoms with Crippen LogP contribution < -0.4 is 0 Å². The number of rotatable bonds is 48. The quantitative estimate of drug-likeness (QED) is 0.0171. The summed E-state index contributed by atoms with van der Waals surface area (Å²) in [5.41, 5.74) is 0. The minimum Gasteiger partial charge on any atom is -0.462 e. The summed E-state index contributed by atoms with van der Waals surface area (Å²) in [4.78, 5) is 25.9. The number of carbonyl (C=O) groups is 2. The summed E-state index contributed by atoms with van der Waals surface area (Å²) in [6.45, 7) is 2.64. The molecule has 11 atom stereocenters. The second-order valence-corrected chi connectivity index (χ2v) is 21.2. The standard InChI is InChI=1S/C58H108O15/c1-3-5-7-9-11-13-15-17-19-21-22-23-25-27-29-31-33-35-37-39-41-50(61)71-46(43-68-49(60)40-38-36-34-32-30-28-26-24-20-18-16-14-12-10-8-6-4-2)44-69-57-56(67)54(65)52(63)48(73-57)45-70-58-55(66)53(64)51(62)47(42-59)72-58/h18,20,46-48,51-59,62-67H,3-17,19,21-45H2,1-2H3/b20-18+/t46-,47+,48+,51-,52-,53?,54?,55?,56?,57+,58+/m1/s1. The van der Waals surface area contributed by atoms with Gasteiger partial charge in [-0.3, -0.25) is 9.59 Å². The maximum absolute atomic E-state index is 13.1. The van der Waals surface area contributed by atoms with E-state index in [2.05, 4.69) is 26.0 Å². The van der Waals surface area contributed by atoms with Gasteiger partial charge in [0.2, 0.25) is 0 Å². The van der Waals surface area contributed by atoms with Crippen molar-refractivity contribution in [3.05, 3.63) is 12.2 Å². The minimum absolute atomic E-state index is 0.171. The Morgan fingerprint density at radius 3 is 1.21 bits per heavy atom. The summed E-state index contributed by atoms with van der Waals surface area (Å²) in [7, 11) is 0. The Hall–Kier alpha value is -1.76. The molecule has 0 aliphatic carbocycles. The molecule has 15 nitrogen and oxygen atoms in total. The first kappa shape index (κ1) is 67.3. The lowest BCUT2D eigenvalue weighted by Gasteiger charge is -2.42. The van der Waals surface area contributed by atoms with E-state index in [4.69, 9.17) is 28.4 Å². The molecule has 2 rings (SSSR count). The topological polar surface area (TPSA) is 231 Å². The zero-order chi connectivity index (χ0) is 53.2. The fraction of sp³-hybridized carbons (Fsp3) is 0.931. The Morgan fingerprint density at radius 1 is 0.425 bits per heavy atom. The predicted octanol–water partition coefficient (Wildman–Crippen LogP) is 10.1. The van der Waals surface area contributed by atoms with Crippen molar-refractivity contribution in [3.63, 3.8) is 0 Å². The molecule has 73 heavy (non-hydrogen) atoms. The second-order valence-electron chi connectivity index (χ2n) is 21.2. The summed E-state index contributed by atoms with van der Waals surface area (Å²) in [6, 6.07) is 0. The molecule has 0 saturated carbocycles. The van der Waals surface area contributed by atoms with Crippen molar-refractivity contribution in [1.82, 2.24) is 0 Å². The largest absolute Gasteiger partial charge is 0.462 e. The Labute approximate surface area is 441 Å². The lowest BCUT2D eigenvalue weighted by Crippen LogP contribution is -2.61. The number of hydrogen-bond acceptors (Lipinski definition) is 15. The fourth-order valence-corrected chi connectivity index (χ4v) is 9.63. The van der Waals surface area contributed by atoms with Crippen LogP contribution in [0.2, 0.25) is 0 Å². The van der Waals surface area contributed by atoms with Crippen LogP contribution in [0.5, 0.6) is 0 Å². The first-order chi connectivity index (χ1) is 35.5. The highest BCUT2D eigenvalue weighted by atomic mass is 16.7. The predicted molar refractivity (Wildman–Crippen MR) is 285 cm³/mol. The van der Waals surface area contributed by atoms with Crippen LogP contribution in [0, 0.1) is 0 Å². The number of esters is 2. The van der Waals surface area contributed by atoms with Gasteiger partial charge in [0.1, 0.15) is 55.4 Å². The Balaban J connectivity index is 1.74. The maximum atomic E-state index is 13.1. The third-order valence-corrected chi connectivity index (χ3v) is 14.5. The van der Waals surface area contributed by atoms with Crippen LogP contribution in [-0.2, 0) is 38.0 Å². The molecular weight excluding hydrogens is 937 g/mol. The van der Waals surface area contributed by atoms with E-state index < -0.39 is 92.7 Å². The Kier molecular flexibility index (Phi) is 41.8. The van der Waals surface area contributed by atoms with Crippen LogP contribution in [0.3, 0.4) is 0 Å². The van der Waals surface area contributed by atoms with Gasteiger partial charge in [0.25, 0.3) is 0 Å². The first-order valence-corrected chi connectivity index (χ1v) is 29.8. The first-order valence-electron chi connectivity index (χ1n) is 29.8. The van der Waals surface area contributed by atoms with Crippen LogP contribution in [0.4, 0.5) is 0 Å². The van der Waals surface area contributed by atoms with E-state index in [0.717, 1.165) is 44.9 Å². The number of carbonyl (C=O) groups excluding carboxylic acids is 2. The molecule has 0 amide bonds. The highest BCUT2D eigenvalue weighted by molar-refractivity contribution is 5.70. The van der Waals surface area contributed by atoms with Crippen molar-refractivity contribution >= 4 is 11.9 Å². The summed E-state index contributed by atoms with van der Waals surface area (Å²) >= 11 is 0. The second kappa shape index (κ2) is 45.3. The molecule has 7 N–H and O–H groups in total. The summed E-state index contributed by atoms with van der Waals surface area (Å²) in [6.07, 6.45) is 30.9. The zero-order valence-corrected chi connectivity index (χ0v) is 45.9. The SMILES string of the molecule is CCCCCCCC/C=C/CCCCCCCCCC(=O)OC[C@H](CO[C@H]1O[C@@H](CO[C@H]2O[C@@H](CO)[C@@H](O)C(O)C2O)[C@@H](O)C(O)C1O)OC(=O)CCCCCCCCCCCCCCCCCCCCCC. The monoisotopic (exact) mass is 1040 g/mol. The van der Waals surface area contributed by atoms with Gasteiger partial charge in [-0.25, -0.2) is 0 Å². The van der Waals surface area contributed by atoms with E-state index >= 15 is 0 Å². The van der Waals surface area contributed by atoms with Crippen LogP contribution in [0.15, 0.2) is 12.2 Å². The third-order valence-electron chi connectivity index (χ3n) is 14.5. The van der Waals surface area contributed by atoms with E-state index in [9.17, 15) is 45.3 Å². The van der Waals surface area contributed by atoms with Crippen LogP contribution in [0.1, 0.15) is 251 Å². The van der Waals surface area contributed by atoms with Crippen molar-refractivity contribution in [3.8, 4) is 0 Å². The van der Waals surface area contributed by atoms with Crippen molar-refractivity contribution in [1.29, 1.82) is 0 Å². The smallest absolute Gasteiger partial charge is 0.306 e. The van der Waals surface area contributed by atoms with Crippen molar-refractivity contribution in [2.45, 2.75) is 319 Å². The average Bonchev–Trinajstić information content (AvgIpc) is 3.38. The van der Waals surface area contributed by atoms with E-state index in [0.29, 0.717) is 12.8 Å². The Bertz CT molecular complexity index is 1320. The van der Waals surface area contributed by atoms with E-state index in [1.807, 2.05) is 0 Å². The van der Waals surface area contributed by atoms with Gasteiger partial charge in [-0.2, -0.15) is 0 Å². The lowest BCUT2D eigenvalue weighted by molar-refractivity contribution is -0.332. The van der Waals surface area contributed by atoms with Crippen molar-refractivity contribution in [2.24, 2.45) is 0 Å². The third kappa shape index (κ3) is 32.6. The summed E-state index contributed by atoms with van der Waals surface area (Å²) in [5.74, 6) is -0.914. The fourth-order valence-electron chi connectivity index (χ4n) is 9.63. The lowest BCUT2D eigenvalue weighted by atomic mass is 9.98. The van der Waals surface area contributed by atoms with Gasteiger partial charge >= 0.3 is 11.9 Å². The number of hydrogen-bond donors (Lipinski definition) is 7. The molecule has 0 spiro atoms. The number of aliphatic hydroxyl groups excluding tert-OH is 7. The molecule has 0 radical (unpaired) electrons. The van der Waals surface area contributed by atoms with Gasteiger partial charge in [-0.15, -0.1) is 0 Å². The Morgan fingerprint density at radius 2 is 0.781 bits per heavy atom. The van der Waals surface area contributed by atoms with Crippen molar-refractivity contribution < 1.29 is 73.8 Å². The molecule has 15 heteroatoms. The van der Waals surface area contributed by atoms with Gasteiger partial charge in [0.15, 0.2) is 18.7 Å². The van der Waals surface area contributed by atoms with Crippen LogP contribution in [-0.4, -0.2) is 142 Å². The zero-order valence-electron chi connectivity index (χ0n) is 45.9. The normalized spacial score (nSPS) is 24.8. The average molecular weight is 1050 g/mol. The van der Waals surface area contributed by atoms with Gasteiger partial charge < -0.3 is 64.2 Å². The molecule has 2 saturated heterocycles. The van der Waals surface area contributed by atoms with Gasteiger partial charge in [0.05, 0.1) is 19.8 Å². The number of unbranched alkanes of at least 4 members (excludes halogenated alkanes) is 32. The number of aliphatic hydroxyl groups is 7. The summed E-state index contributed by atoms with van der Waals surface area (Å²) < 4.78 is 33.7. The maximum Gasteiger partial charge on any atom is 0.306 e. The molecule has 2 aliphatic rings. The number of allylic oxidation sites excluding steroid dienone is 2. The van der Waals surface area contributed by atoms with Gasteiger partial charge in [0, 0.05) is 12.8 Å². The van der Waals surface area contributed by atoms with E-state index in [-0.39, 0.29) is 26.1 Å². The molecule has 4 unspecified atom stereocenters. The van der Waals surface area contributed by atoms with E-state index in [1.165, 1.54) is 167 Å². The van der Waals surface area contributed by atoms with E-state index in [1.54, 1.807) is 0 Å². The summed E-state index contributed by atoms with van der Waals surface area (Å²) in [5, 5.41) is 72.3. The molecular formula is C58H108O15. The molecule has 0 aromatic rings. The number of ether oxygens (including phenoxy) is 6. The van der Waals surface area contributed by atoms with Gasteiger partial charge in [-0.1, -0.05) is 212 Å². The molecule has 0 bridgehead atoms.